The lowest BCUT2D eigenvalue weighted by Crippen LogP contribution is -2.34. The predicted molar refractivity (Wildman–Crippen MR) is 106 cm³/mol. The van der Waals surface area contributed by atoms with E-state index in [2.05, 4.69) is 10.6 Å². The van der Waals surface area contributed by atoms with E-state index in [1.807, 2.05) is 51.0 Å². The van der Waals surface area contributed by atoms with E-state index in [4.69, 9.17) is 0 Å². The Kier molecular flexibility index (Phi) is 6.52. The molecule has 2 amide bonds. The van der Waals surface area contributed by atoms with Gasteiger partial charge in [0.2, 0.25) is 10.0 Å². The Morgan fingerprint density at radius 1 is 1.27 bits per heavy atom. The van der Waals surface area contributed by atoms with Crippen molar-refractivity contribution in [3.63, 3.8) is 0 Å². The number of carbonyl (C=O) groups excluding carboxylic acids is 1. The number of anilines is 2. The molecule has 0 unspecified atom stereocenters. The van der Waals surface area contributed by atoms with Crippen molar-refractivity contribution in [1.29, 1.82) is 0 Å². The Balaban J connectivity index is 2.25. The number of hydrogen-bond donors (Lipinski definition) is 2. The molecule has 7 nitrogen and oxygen atoms in total. The van der Waals surface area contributed by atoms with Crippen LogP contribution in [0.5, 0.6) is 0 Å². The Hall–Kier alpha value is -1.80. The number of hydrogen-bond acceptors (Lipinski definition) is 4. The molecule has 0 aliphatic heterocycles. The number of nitrogens with one attached hydrogen (secondary N) is 2. The van der Waals surface area contributed by atoms with Gasteiger partial charge in [0.1, 0.15) is 0 Å². The number of carbonyl (C=O) groups is 1. The maximum absolute atomic E-state index is 12.2. The minimum atomic E-state index is -3.30. The zero-order chi connectivity index (χ0) is 19.5. The summed E-state index contributed by atoms with van der Waals surface area (Å²) in [5.41, 5.74) is 2.44. The second kappa shape index (κ2) is 8.26. The van der Waals surface area contributed by atoms with Crippen molar-refractivity contribution in [2.24, 2.45) is 5.92 Å². The number of nitrogens with zero attached hydrogens (tertiary/aromatic N) is 2. The van der Waals surface area contributed by atoms with Crippen LogP contribution in [-0.4, -0.2) is 51.7 Å². The Labute approximate surface area is 156 Å². The maximum Gasteiger partial charge on any atom is 0.319 e. The second-order valence-corrected chi connectivity index (χ2v) is 9.47. The summed E-state index contributed by atoms with van der Waals surface area (Å²) in [6.07, 6.45) is 3.43. The monoisotopic (exact) mass is 382 g/mol. The van der Waals surface area contributed by atoms with Crippen LogP contribution in [0.25, 0.3) is 0 Å². The molecular formula is C18H30N4O3S. The van der Waals surface area contributed by atoms with Gasteiger partial charge in [-0.05, 0) is 56.4 Å². The van der Waals surface area contributed by atoms with E-state index in [0.29, 0.717) is 24.7 Å². The van der Waals surface area contributed by atoms with Crippen LogP contribution in [-0.2, 0) is 16.6 Å². The molecule has 0 saturated heterocycles. The fourth-order valence-corrected chi connectivity index (χ4v) is 3.61. The van der Waals surface area contributed by atoms with Crippen molar-refractivity contribution >= 4 is 27.4 Å². The van der Waals surface area contributed by atoms with Gasteiger partial charge in [0, 0.05) is 44.6 Å². The van der Waals surface area contributed by atoms with E-state index in [-0.39, 0.29) is 12.1 Å². The van der Waals surface area contributed by atoms with Gasteiger partial charge >= 0.3 is 6.03 Å². The van der Waals surface area contributed by atoms with Gasteiger partial charge in [-0.15, -0.1) is 0 Å². The van der Waals surface area contributed by atoms with Crippen LogP contribution in [0, 0.1) is 5.92 Å². The highest BCUT2D eigenvalue weighted by Gasteiger charge is 2.29. The van der Waals surface area contributed by atoms with Crippen molar-refractivity contribution in [3.8, 4) is 0 Å². The van der Waals surface area contributed by atoms with Gasteiger partial charge in [-0.3, -0.25) is 0 Å². The molecule has 0 bridgehead atoms. The minimum Gasteiger partial charge on any atom is -0.377 e. The highest BCUT2D eigenvalue weighted by molar-refractivity contribution is 7.88. The Morgan fingerprint density at radius 2 is 1.92 bits per heavy atom. The lowest BCUT2D eigenvalue weighted by Gasteiger charge is -2.24. The van der Waals surface area contributed by atoms with E-state index in [0.717, 1.165) is 24.1 Å². The summed E-state index contributed by atoms with van der Waals surface area (Å²) in [4.78, 5) is 13.9. The van der Waals surface area contributed by atoms with Crippen LogP contribution in [0.3, 0.4) is 0 Å². The van der Waals surface area contributed by atoms with Crippen molar-refractivity contribution in [3.05, 3.63) is 23.8 Å². The van der Waals surface area contributed by atoms with E-state index >= 15 is 0 Å². The minimum absolute atomic E-state index is 0.0368. The average Bonchev–Trinajstić information content (AvgIpc) is 3.28. The van der Waals surface area contributed by atoms with Crippen LogP contribution < -0.4 is 15.5 Å². The predicted octanol–water partition coefficient (Wildman–Crippen LogP) is 2.45. The molecule has 1 aliphatic carbocycles. The first-order valence-electron chi connectivity index (χ1n) is 8.89. The summed E-state index contributed by atoms with van der Waals surface area (Å²) in [5.74, 6) is 0.464. The quantitative estimate of drug-likeness (QED) is 0.724. The third-order valence-corrected chi connectivity index (χ3v) is 5.43. The SMILES string of the molecule is CC(C)NC(=O)Nc1ccc(N(C)C)c(CN(CC2CC2)S(C)(=O)=O)c1. The average molecular weight is 383 g/mol. The molecule has 2 N–H and O–H groups in total. The normalized spacial score (nSPS) is 14.6. The number of sulfonamides is 1. The van der Waals surface area contributed by atoms with Crippen molar-refractivity contribution < 1.29 is 13.2 Å². The van der Waals surface area contributed by atoms with Gasteiger partial charge in [0.25, 0.3) is 0 Å². The Bertz CT molecular complexity index is 743. The van der Waals surface area contributed by atoms with Crippen LogP contribution >= 0.6 is 0 Å². The van der Waals surface area contributed by atoms with Gasteiger partial charge in [-0.1, -0.05) is 0 Å². The molecule has 2 rings (SSSR count). The zero-order valence-electron chi connectivity index (χ0n) is 16.2. The molecule has 1 aromatic rings. The molecule has 1 fully saturated rings. The fraction of sp³-hybridized carbons (Fsp3) is 0.611. The first kappa shape index (κ1) is 20.5. The van der Waals surface area contributed by atoms with E-state index < -0.39 is 10.0 Å². The zero-order valence-corrected chi connectivity index (χ0v) is 17.1. The lowest BCUT2D eigenvalue weighted by molar-refractivity contribution is 0.250. The fourth-order valence-electron chi connectivity index (χ4n) is 2.75. The summed E-state index contributed by atoms with van der Waals surface area (Å²) in [6.45, 7) is 4.63. The first-order valence-corrected chi connectivity index (χ1v) is 10.7. The van der Waals surface area contributed by atoms with Gasteiger partial charge < -0.3 is 15.5 Å². The van der Waals surface area contributed by atoms with Gasteiger partial charge in [0.15, 0.2) is 0 Å². The second-order valence-electron chi connectivity index (χ2n) is 7.49. The summed E-state index contributed by atoms with van der Waals surface area (Å²) < 4.78 is 25.9. The third-order valence-electron chi connectivity index (χ3n) is 4.21. The molecule has 0 aromatic heterocycles. The highest BCUT2D eigenvalue weighted by Crippen LogP contribution is 2.32. The number of urea groups is 1. The Morgan fingerprint density at radius 3 is 2.42 bits per heavy atom. The van der Waals surface area contributed by atoms with Gasteiger partial charge in [0.05, 0.1) is 6.26 Å². The number of amides is 2. The molecule has 8 heteroatoms. The first-order chi connectivity index (χ1) is 12.1. The molecule has 0 atom stereocenters. The van der Waals surface area contributed by atoms with Crippen LogP contribution in [0.1, 0.15) is 32.3 Å². The van der Waals surface area contributed by atoms with Gasteiger partial charge in [-0.2, -0.15) is 4.31 Å². The molecule has 1 saturated carbocycles. The molecule has 1 aliphatic rings. The third kappa shape index (κ3) is 6.17. The van der Waals surface area contributed by atoms with E-state index in [9.17, 15) is 13.2 Å². The molecular weight excluding hydrogens is 352 g/mol. The van der Waals surface area contributed by atoms with Crippen LogP contribution in [0.4, 0.5) is 16.2 Å². The lowest BCUT2D eigenvalue weighted by atomic mass is 10.1. The molecule has 1 aromatic carbocycles. The van der Waals surface area contributed by atoms with E-state index in [1.165, 1.54) is 10.6 Å². The smallest absolute Gasteiger partial charge is 0.319 e. The largest absolute Gasteiger partial charge is 0.377 e. The highest BCUT2D eigenvalue weighted by atomic mass is 32.2. The maximum atomic E-state index is 12.2. The number of rotatable bonds is 8. The van der Waals surface area contributed by atoms with Crippen LogP contribution in [0.2, 0.25) is 0 Å². The standard InChI is InChI=1S/C18H30N4O3S/c1-13(2)19-18(23)20-16-8-9-17(21(3)4)15(10-16)12-22(26(5,24)25)11-14-6-7-14/h8-10,13-14H,6-7,11-12H2,1-5H3,(H2,19,20,23). The van der Waals surface area contributed by atoms with Crippen molar-refractivity contribution in [2.45, 2.75) is 39.3 Å². The molecule has 146 valence electrons. The summed E-state index contributed by atoms with van der Waals surface area (Å²) >= 11 is 0. The summed E-state index contributed by atoms with van der Waals surface area (Å²) in [7, 11) is 0.542. The molecule has 26 heavy (non-hydrogen) atoms. The molecule has 0 spiro atoms. The van der Waals surface area contributed by atoms with Gasteiger partial charge in [-0.25, -0.2) is 13.2 Å². The number of benzene rings is 1. The topological polar surface area (TPSA) is 81.8 Å². The van der Waals surface area contributed by atoms with Crippen molar-refractivity contribution in [2.75, 3.05) is 37.1 Å². The summed E-state index contributed by atoms with van der Waals surface area (Å²) in [5, 5.41) is 5.59. The molecule has 0 heterocycles. The van der Waals surface area contributed by atoms with E-state index in [1.54, 1.807) is 0 Å². The molecule has 0 radical (unpaired) electrons. The summed E-state index contributed by atoms with van der Waals surface area (Å²) in [6, 6.07) is 5.33. The van der Waals surface area contributed by atoms with Crippen molar-refractivity contribution in [1.82, 2.24) is 9.62 Å². The van der Waals surface area contributed by atoms with Crippen LogP contribution in [0.15, 0.2) is 18.2 Å².